The molecule has 1 fully saturated rings. The highest BCUT2D eigenvalue weighted by atomic mass is 19.1. The van der Waals surface area contributed by atoms with Crippen LogP contribution in [0, 0.1) is 0 Å². The van der Waals surface area contributed by atoms with E-state index in [4.69, 9.17) is 0 Å². The highest BCUT2D eigenvalue weighted by Gasteiger charge is 2.30. The van der Waals surface area contributed by atoms with E-state index in [1.165, 1.54) is 12.8 Å². The highest BCUT2D eigenvalue weighted by molar-refractivity contribution is 5.81. The lowest BCUT2D eigenvalue weighted by atomic mass is 9.89. The largest absolute Gasteiger partial charge is 0.314 e. The van der Waals surface area contributed by atoms with Gasteiger partial charge >= 0.3 is 0 Å². The van der Waals surface area contributed by atoms with Crippen LogP contribution in [0.25, 0.3) is 10.9 Å². The third-order valence-corrected chi connectivity index (χ3v) is 4.45. The summed E-state index contributed by atoms with van der Waals surface area (Å²) in [5, 5.41) is 9.03. The molecule has 1 aliphatic rings. The molecule has 0 saturated carbocycles. The fourth-order valence-corrected chi connectivity index (χ4v) is 3.45. The Morgan fingerprint density at radius 3 is 2.95 bits per heavy atom. The zero-order valence-corrected chi connectivity index (χ0v) is 12.9. The second-order valence-electron chi connectivity index (χ2n) is 6.53. The first kappa shape index (κ1) is 14.5. The fraction of sp³-hybridized carbons (Fsp3) is 0.588. The Morgan fingerprint density at radius 1 is 1.38 bits per heavy atom. The van der Waals surface area contributed by atoms with Crippen LogP contribution in [0.4, 0.5) is 4.39 Å². The van der Waals surface area contributed by atoms with E-state index in [2.05, 4.69) is 10.4 Å². The number of nitrogens with zero attached hydrogens (tertiary/aromatic N) is 2. The first-order valence-electron chi connectivity index (χ1n) is 7.88. The third kappa shape index (κ3) is 3.26. The molecule has 2 atom stereocenters. The number of piperidine rings is 1. The second kappa shape index (κ2) is 5.76. The van der Waals surface area contributed by atoms with Crippen LogP contribution in [0.2, 0.25) is 0 Å². The van der Waals surface area contributed by atoms with Gasteiger partial charge in [-0.1, -0.05) is 24.6 Å². The molecule has 0 aliphatic carbocycles. The standard InChI is InChI=1S/C17H24FN3/c1-17(18,11-13-7-5-6-10-19-13)12-15-14-8-3-4-9-16(14)21(2)20-15/h3-4,8-9,13,19H,5-7,10-12H2,1-2H3. The quantitative estimate of drug-likeness (QED) is 0.935. The van der Waals surface area contributed by atoms with Gasteiger partial charge in [-0.25, -0.2) is 4.39 Å². The van der Waals surface area contributed by atoms with E-state index in [1.807, 2.05) is 36.0 Å². The third-order valence-electron chi connectivity index (χ3n) is 4.45. The summed E-state index contributed by atoms with van der Waals surface area (Å²) in [7, 11) is 1.92. The molecule has 1 aromatic heterocycles. The summed E-state index contributed by atoms with van der Waals surface area (Å²) in [4.78, 5) is 0. The molecule has 2 unspecified atom stereocenters. The number of hydrogen-bond donors (Lipinski definition) is 1. The predicted octanol–water partition coefficient (Wildman–Crippen LogP) is 3.38. The summed E-state index contributed by atoms with van der Waals surface area (Å²) >= 11 is 0. The summed E-state index contributed by atoms with van der Waals surface area (Å²) in [6.07, 6.45) is 4.46. The van der Waals surface area contributed by atoms with Crippen molar-refractivity contribution < 1.29 is 4.39 Å². The highest BCUT2D eigenvalue weighted by Crippen LogP contribution is 2.28. The Kier molecular flexibility index (Phi) is 3.98. The Morgan fingerprint density at radius 2 is 2.19 bits per heavy atom. The second-order valence-corrected chi connectivity index (χ2v) is 6.53. The number of benzene rings is 1. The van der Waals surface area contributed by atoms with E-state index >= 15 is 4.39 Å². The van der Waals surface area contributed by atoms with Crippen molar-refractivity contribution in [3.05, 3.63) is 30.0 Å². The lowest BCUT2D eigenvalue weighted by Gasteiger charge is -2.29. The van der Waals surface area contributed by atoms with E-state index in [0.717, 1.165) is 29.6 Å². The van der Waals surface area contributed by atoms with Gasteiger partial charge in [0.2, 0.25) is 0 Å². The lowest BCUT2D eigenvalue weighted by molar-refractivity contribution is 0.145. The van der Waals surface area contributed by atoms with Gasteiger partial charge in [0.05, 0.1) is 11.2 Å². The molecule has 3 nitrogen and oxygen atoms in total. The van der Waals surface area contributed by atoms with Crippen LogP contribution in [0.15, 0.2) is 24.3 Å². The maximum absolute atomic E-state index is 15.0. The monoisotopic (exact) mass is 289 g/mol. The van der Waals surface area contributed by atoms with Gasteiger partial charge in [-0.05, 0) is 38.8 Å². The van der Waals surface area contributed by atoms with Gasteiger partial charge in [0.1, 0.15) is 5.67 Å². The van der Waals surface area contributed by atoms with Crippen molar-refractivity contribution in [3.63, 3.8) is 0 Å². The van der Waals surface area contributed by atoms with Crippen molar-refractivity contribution in [2.45, 2.75) is 50.7 Å². The van der Waals surface area contributed by atoms with Crippen molar-refractivity contribution in [2.24, 2.45) is 7.05 Å². The van der Waals surface area contributed by atoms with Crippen LogP contribution in [0.5, 0.6) is 0 Å². The Balaban J connectivity index is 1.77. The van der Waals surface area contributed by atoms with E-state index in [-0.39, 0.29) is 0 Å². The Hall–Kier alpha value is -1.42. The molecule has 2 heterocycles. The smallest absolute Gasteiger partial charge is 0.115 e. The van der Waals surface area contributed by atoms with E-state index < -0.39 is 5.67 Å². The van der Waals surface area contributed by atoms with Crippen LogP contribution < -0.4 is 5.32 Å². The molecule has 4 heteroatoms. The number of alkyl halides is 1. The van der Waals surface area contributed by atoms with Gasteiger partial charge in [0.25, 0.3) is 0 Å². The molecule has 1 N–H and O–H groups in total. The van der Waals surface area contributed by atoms with Crippen molar-refractivity contribution in [1.29, 1.82) is 0 Å². The zero-order chi connectivity index (χ0) is 14.9. The Labute approximate surface area is 125 Å². The summed E-state index contributed by atoms with van der Waals surface area (Å²) < 4.78 is 16.9. The maximum atomic E-state index is 15.0. The number of aryl methyl sites for hydroxylation is 1. The minimum absolute atomic E-state index is 0.309. The van der Waals surface area contributed by atoms with Crippen molar-refractivity contribution in [3.8, 4) is 0 Å². The normalized spacial score (nSPS) is 22.3. The van der Waals surface area contributed by atoms with Gasteiger partial charge in [-0.2, -0.15) is 5.10 Å². The van der Waals surface area contributed by atoms with Gasteiger partial charge in [0, 0.05) is 24.9 Å². The van der Waals surface area contributed by atoms with Crippen LogP contribution in [-0.2, 0) is 13.5 Å². The van der Waals surface area contributed by atoms with Crippen LogP contribution >= 0.6 is 0 Å². The average molecular weight is 289 g/mol. The zero-order valence-electron chi connectivity index (χ0n) is 12.9. The van der Waals surface area contributed by atoms with Gasteiger partial charge in [-0.15, -0.1) is 0 Å². The average Bonchev–Trinajstić information content (AvgIpc) is 2.76. The lowest BCUT2D eigenvalue weighted by Crippen LogP contribution is -2.40. The summed E-state index contributed by atoms with van der Waals surface area (Å²) in [6.45, 7) is 2.74. The summed E-state index contributed by atoms with van der Waals surface area (Å²) in [5.41, 5.74) is 0.722. The van der Waals surface area contributed by atoms with Crippen molar-refractivity contribution in [1.82, 2.24) is 15.1 Å². The first-order chi connectivity index (χ1) is 10.1. The molecule has 0 bridgehead atoms. The molecule has 3 rings (SSSR count). The SMILES string of the molecule is Cn1nc(CC(C)(F)CC2CCCCN2)c2ccccc21. The predicted molar refractivity (Wildman–Crippen MR) is 84.2 cm³/mol. The molecular formula is C17H24FN3. The van der Waals surface area contributed by atoms with E-state index in [0.29, 0.717) is 18.9 Å². The van der Waals surface area contributed by atoms with Crippen molar-refractivity contribution >= 4 is 10.9 Å². The molecule has 21 heavy (non-hydrogen) atoms. The molecule has 1 saturated heterocycles. The Bertz CT molecular complexity index is 612. The topological polar surface area (TPSA) is 29.9 Å². The van der Waals surface area contributed by atoms with E-state index in [9.17, 15) is 0 Å². The van der Waals surface area contributed by atoms with E-state index in [1.54, 1.807) is 6.92 Å². The van der Waals surface area contributed by atoms with Crippen LogP contribution in [-0.4, -0.2) is 28.0 Å². The molecule has 114 valence electrons. The summed E-state index contributed by atoms with van der Waals surface area (Å²) in [6, 6.07) is 8.36. The van der Waals surface area contributed by atoms with Crippen molar-refractivity contribution in [2.75, 3.05) is 6.54 Å². The fourth-order valence-electron chi connectivity index (χ4n) is 3.45. The molecular weight excluding hydrogens is 265 g/mol. The minimum Gasteiger partial charge on any atom is -0.314 e. The van der Waals surface area contributed by atoms with Gasteiger partial charge in [-0.3, -0.25) is 4.68 Å². The molecule has 1 aliphatic heterocycles. The first-order valence-corrected chi connectivity index (χ1v) is 7.88. The molecule has 2 aromatic rings. The number of aromatic nitrogens is 2. The molecule has 0 spiro atoms. The van der Waals surface area contributed by atoms with Gasteiger partial charge < -0.3 is 5.32 Å². The summed E-state index contributed by atoms with van der Waals surface area (Å²) in [5.74, 6) is 0. The van der Waals surface area contributed by atoms with Gasteiger partial charge in [0.15, 0.2) is 0 Å². The number of nitrogens with one attached hydrogen (secondary N) is 1. The number of hydrogen-bond acceptors (Lipinski definition) is 2. The number of fused-ring (bicyclic) bond motifs is 1. The minimum atomic E-state index is -1.22. The number of halogens is 1. The number of rotatable bonds is 4. The maximum Gasteiger partial charge on any atom is 0.115 e. The molecule has 0 radical (unpaired) electrons. The number of para-hydroxylation sites is 1. The van der Waals surface area contributed by atoms with Crippen LogP contribution in [0.3, 0.4) is 0 Å². The van der Waals surface area contributed by atoms with Crippen LogP contribution in [0.1, 0.15) is 38.3 Å². The molecule has 0 amide bonds. The molecule has 1 aromatic carbocycles.